The predicted molar refractivity (Wildman–Crippen MR) is 120 cm³/mol. The van der Waals surface area contributed by atoms with Crippen LogP contribution in [0.4, 0.5) is 0 Å². The van der Waals surface area contributed by atoms with Gasteiger partial charge in [-0.15, -0.1) is 0 Å². The van der Waals surface area contributed by atoms with Crippen molar-refractivity contribution in [3.63, 3.8) is 0 Å². The Morgan fingerprint density at radius 2 is 1.04 bits per heavy atom. The summed E-state index contributed by atoms with van der Waals surface area (Å²) in [5.74, 6) is 0. The number of benzene rings is 3. The molecule has 0 aromatic heterocycles. The van der Waals surface area contributed by atoms with Gasteiger partial charge < -0.3 is 10.2 Å². The Balaban J connectivity index is 1.87. The fraction of sp³-hybridized carbons (Fsp3) is 0.240. The average Bonchev–Trinajstić information content (AvgIpc) is 2.80. The van der Waals surface area contributed by atoms with Crippen molar-refractivity contribution in [1.29, 1.82) is 0 Å². The summed E-state index contributed by atoms with van der Waals surface area (Å²) < 4.78 is 0. The van der Waals surface area contributed by atoms with Crippen LogP contribution in [0, 0.1) is 0 Å². The smallest absolute Gasteiger partial charge is 0.170 e. The Morgan fingerprint density at radius 3 is 1.43 bits per heavy atom. The second kappa shape index (κ2) is 8.57. The Hall–Kier alpha value is -2.65. The molecule has 0 atom stereocenters. The lowest BCUT2D eigenvalue weighted by Gasteiger charge is -2.41. The van der Waals surface area contributed by atoms with Gasteiger partial charge in [0.2, 0.25) is 0 Å². The lowest BCUT2D eigenvalue weighted by Crippen LogP contribution is -2.53. The summed E-state index contributed by atoms with van der Waals surface area (Å²) in [7, 11) is 0. The van der Waals surface area contributed by atoms with Crippen LogP contribution in [-0.4, -0.2) is 23.1 Å². The second-order valence-corrected chi connectivity index (χ2v) is 7.71. The Morgan fingerprint density at radius 1 is 0.643 bits per heavy atom. The first kappa shape index (κ1) is 18.7. The molecule has 0 unspecified atom stereocenters. The van der Waals surface area contributed by atoms with Gasteiger partial charge in [-0.1, -0.05) is 91.0 Å². The average molecular weight is 387 g/mol. The first-order chi connectivity index (χ1) is 13.8. The standard InChI is InChI=1S/C25H26N2S/c28-24(27-19-11-4-12-20-27)26-25(21-13-5-1-6-14-21,22-15-7-2-8-16-22)23-17-9-3-10-18-23/h1-3,5-10,13-18H,4,11-12,19-20H2,(H,26,28). The molecule has 1 aliphatic rings. The van der Waals surface area contributed by atoms with E-state index in [2.05, 4.69) is 101 Å². The molecule has 4 rings (SSSR count). The highest BCUT2D eigenvalue weighted by molar-refractivity contribution is 7.80. The lowest BCUT2D eigenvalue weighted by molar-refractivity contribution is 0.330. The lowest BCUT2D eigenvalue weighted by atomic mass is 9.77. The highest BCUT2D eigenvalue weighted by Crippen LogP contribution is 2.37. The van der Waals surface area contributed by atoms with E-state index in [-0.39, 0.29) is 0 Å². The largest absolute Gasteiger partial charge is 0.349 e. The van der Waals surface area contributed by atoms with Gasteiger partial charge >= 0.3 is 0 Å². The zero-order chi connectivity index (χ0) is 19.2. The maximum Gasteiger partial charge on any atom is 0.170 e. The van der Waals surface area contributed by atoms with Crippen LogP contribution in [-0.2, 0) is 5.54 Å². The molecule has 1 heterocycles. The van der Waals surface area contributed by atoms with E-state index < -0.39 is 5.54 Å². The van der Waals surface area contributed by atoms with Gasteiger partial charge in [0.15, 0.2) is 5.11 Å². The Labute approximate surface area is 173 Å². The summed E-state index contributed by atoms with van der Waals surface area (Å²) in [4.78, 5) is 2.32. The fourth-order valence-corrected chi connectivity index (χ4v) is 4.45. The molecule has 0 radical (unpaired) electrons. The number of nitrogens with zero attached hydrogens (tertiary/aromatic N) is 1. The quantitative estimate of drug-likeness (QED) is 0.481. The van der Waals surface area contributed by atoms with E-state index in [9.17, 15) is 0 Å². The second-order valence-electron chi connectivity index (χ2n) is 7.33. The minimum Gasteiger partial charge on any atom is -0.349 e. The van der Waals surface area contributed by atoms with Crippen LogP contribution in [0.5, 0.6) is 0 Å². The molecule has 28 heavy (non-hydrogen) atoms. The first-order valence-electron chi connectivity index (χ1n) is 10.0. The number of hydrogen-bond acceptors (Lipinski definition) is 1. The maximum absolute atomic E-state index is 5.94. The molecule has 1 saturated heterocycles. The molecule has 1 fully saturated rings. The molecule has 3 aromatic carbocycles. The van der Waals surface area contributed by atoms with Gasteiger partial charge in [0.05, 0.1) is 0 Å². The van der Waals surface area contributed by atoms with E-state index in [0.717, 1.165) is 18.2 Å². The van der Waals surface area contributed by atoms with Crippen molar-refractivity contribution in [1.82, 2.24) is 10.2 Å². The van der Waals surface area contributed by atoms with Crippen LogP contribution in [0.2, 0.25) is 0 Å². The van der Waals surface area contributed by atoms with Gasteiger partial charge in [-0.3, -0.25) is 0 Å². The molecule has 0 spiro atoms. The van der Waals surface area contributed by atoms with Crippen LogP contribution < -0.4 is 5.32 Å². The van der Waals surface area contributed by atoms with Gasteiger partial charge in [0.25, 0.3) is 0 Å². The molecule has 142 valence electrons. The van der Waals surface area contributed by atoms with Crippen LogP contribution in [0.3, 0.4) is 0 Å². The molecule has 0 aliphatic carbocycles. The van der Waals surface area contributed by atoms with Crippen molar-refractivity contribution < 1.29 is 0 Å². The van der Waals surface area contributed by atoms with E-state index in [4.69, 9.17) is 12.2 Å². The molecule has 1 aliphatic heterocycles. The predicted octanol–water partition coefficient (Wildman–Crippen LogP) is 5.34. The van der Waals surface area contributed by atoms with Crippen molar-refractivity contribution >= 4 is 17.3 Å². The molecule has 0 amide bonds. The Kier molecular flexibility index (Phi) is 5.73. The minimum absolute atomic E-state index is 0.529. The number of rotatable bonds is 4. The number of nitrogens with one attached hydrogen (secondary N) is 1. The summed E-state index contributed by atoms with van der Waals surface area (Å²) >= 11 is 5.94. The zero-order valence-electron chi connectivity index (χ0n) is 16.1. The highest BCUT2D eigenvalue weighted by atomic mass is 32.1. The van der Waals surface area contributed by atoms with Crippen molar-refractivity contribution in [2.24, 2.45) is 0 Å². The molecule has 1 N–H and O–H groups in total. The van der Waals surface area contributed by atoms with Gasteiger partial charge in [0.1, 0.15) is 5.54 Å². The van der Waals surface area contributed by atoms with E-state index >= 15 is 0 Å². The van der Waals surface area contributed by atoms with Gasteiger partial charge in [-0.05, 0) is 48.2 Å². The zero-order valence-corrected chi connectivity index (χ0v) is 16.9. The normalized spacial score (nSPS) is 14.5. The third-order valence-electron chi connectivity index (χ3n) is 5.56. The third kappa shape index (κ3) is 3.67. The first-order valence-corrected chi connectivity index (χ1v) is 10.5. The monoisotopic (exact) mass is 386 g/mol. The van der Waals surface area contributed by atoms with Gasteiger partial charge in [-0.2, -0.15) is 0 Å². The fourth-order valence-electron chi connectivity index (χ4n) is 4.12. The van der Waals surface area contributed by atoms with Crippen LogP contribution >= 0.6 is 12.2 Å². The van der Waals surface area contributed by atoms with E-state index in [1.54, 1.807) is 0 Å². The molecule has 3 heteroatoms. The van der Waals surface area contributed by atoms with Gasteiger partial charge in [-0.25, -0.2) is 0 Å². The summed E-state index contributed by atoms with van der Waals surface area (Å²) in [6.07, 6.45) is 3.70. The maximum atomic E-state index is 5.94. The molecule has 0 saturated carbocycles. The number of thiocarbonyl (C=S) groups is 1. The van der Waals surface area contributed by atoms with E-state index in [1.165, 1.54) is 36.0 Å². The van der Waals surface area contributed by atoms with E-state index in [1.807, 2.05) is 0 Å². The van der Waals surface area contributed by atoms with Crippen LogP contribution in [0.15, 0.2) is 91.0 Å². The van der Waals surface area contributed by atoms with Crippen molar-refractivity contribution in [3.05, 3.63) is 108 Å². The highest BCUT2D eigenvalue weighted by Gasteiger charge is 2.37. The molecule has 3 aromatic rings. The molecular formula is C25H26N2S. The van der Waals surface area contributed by atoms with Crippen molar-refractivity contribution in [2.75, 3.05) is 13.1 Å². The summed E-state index contributed by atoms with van der Waals surface area (Å²) in [5.41, 5.74) is 3.03. The van der Waals surface area contributed by atoms with Crippen molar-refractivity contribution in [2.45, 2.75) is 24.8 Å². The summed E-state index contributed by atoms with van der Waals surface area (Å²) in [5, 5.41) is 4.64. The number of hydrogen-bond donors (Lipinski definition) is 1. The van der Waals surface area contributed by atoms with Crippen LogP contribution in [0.1, 0.15) is 36.0 Å². The topological polar surface area (TPSA) is 15.3 Å². The summed E-state index contributed by atoms with van der Waals surface area (Å²) in [6, 6.07) is 31.9. The molecule has 2 nitrogen and oxygen atoms in total. The Bertz CT molecular complexity index is 791. The SMILES string of the molecule is S=C(NC(c1ccccc1)(c1ccccc1)c1ccccc1)N1CCCCC1. The van der Waals surface area contributed by atoms with Gasteiger partial charge in [0, 0.05) is 13.1 Å². The number of piperidine rings is 1. The third-order valence-corrected chi connectivity index (χ3v) is 5.92. The summed E-state index contributed by atoms with van der Waals surface area (Å²) in [6.45, 7) is 2.06. The van der Waals surface area contributed by atoms with E-state index in [0.29, 0.717) is 0 Å². The molecular weight excluding hydrogens is 360 g/mol. The minimum atomic E-state index is -0.529. The van der Waals surface area contributed by atoms with Crippen LogP contribution in [0.25, 0.3) is 0 Å². The molecule has 0 bridgehead atoms. The number of likely N-dealkylation sites (tertiary alicyclic amines) is 1. The van der Waals surface area contributed by atoms with Crippen molar-refractivity contribution in [3.8, 4) is 0 Å².